The van der Waals surface area contributed by atoms with E-state index < -0.39 is 16.0 Å². The summed E-state index contributed by atoms with van der Waals surface area (Å²) in [4.78, 5) is 12.6. The van der Waals surface area contributed by atoms with E-state index in [1.54, 1.807) is 0 Å². The highest BCUT2D eigenvalue weighted by Crippen LogP contribution is 2.11. The van der Waals surface area contributed by atoms with Crippen molar-refractivity contribution < 1.29 is 22.8 Å². The van der Waals surface area contributed by atoms with Crippen molar-refractivity contribution >= 4 is 16.0 Å². The summed E-state index contributed by atoms with van der Waals surface area (Å²) in [6.07, 6.45) is 1.19. The van der Waals surface area contributed by atoms with Crippen LogP contribution in [0, 0.1) is 0 Å². The second-order valence-corrected chi connectivity index (χ2v) is 6.40. The van der Waals surface area contributed by atoms with Crippen LogP contribution in [0.25, 0.3) is 0 Å². The third-order valence-electron chi connectivity index (χ3n) is 2.96. The Labute approximate surface area is 110 Å². The standard InChI is InChI=1S/C10H15N3O5S/c1-19(16,17)13-4-2-12(3-5-13)7-8-6-9(10(14)15)11-18-8/h6H,2-5,7H2,1H3,(H,14,15). The van der Waals surface area contributed by atoms with E-state index in [0.29, 0.717) is 38.5 Å². The summed E-state index contributed by atoms with van der Waals surface area (Å²) in [7, 11) is -3.14. The molecule has 106 valence electrons. The van der Waals surface area contributed by atoms with E-state index in [9.17, 15) is 13.2 Å². The summed E-state index contributed by atoms with van der Waals surface area (Å²) < 4.78 is 29.0. The van der Waals surface area contributed by atoms with Crippen LogP contribution < -0.4 is 0 Å². The van der Waals surface area contributed by atoms with Gasteiger partial charge in [-0.25, -0.2) is 13.2 Å². The summed E-state index contributed by atoms with van der Waals surface area (Å²) in [5, 5.41) is 12.1. The Bertz CT molecular complexity index is 559. The molecule has 0 atom stereocenters. The molecule has 1 aliphatic heterocycles. The molecule has 19 heavy (non-hydrogen) atoms. The van der Waals surface area contributed by atoms with Gasteiger partial charge in [-0.3, -0.25) is 4.90 Å². The molecule has 1 N–H and O–H groups in total. The number of rotatable bonds is 4. The average Bonchev–Trinajstić information content (AvgIpc) is 2.77. The van der Waals surface area contributed by atoms with Crippen LogP contribution in [0.4, 0.5) is 0 Å². The highest BCUT2D eigenvalue weighted by molar-refractivity contribution is 7.88. The lowest BCUT2D eigenvalue weighted by atomic mass is 10.3. The molecule has 1 aromatic rings. The minimum atomic E-state index is -3.14. The first kappa shape index (κ1) is 14.0. The van der Waals surface area contributed by atoms with Gasteiger partial charge in [-0.2, -0.15) is 4.31 Å². The van der Waals surface area contributed by atoms with Crippen molar-refractivity contribution in [3.05, 3.63) is 17.5 Å². The largest absolute Gasteiger partial charge is 0.476 e. The molecule has 0 aromatic carbocycles. The number of sulfonamides is 1. The Kier molecular flexibility index (Phi) is 3.88. The molecular formula is C10H15N3O5S. The van der Waals surface area contributed by atoms with E-state index >= 15 is 0 Å². The Balaban J connectivity index is 1.90. The van der Waals surface area contributed by atoms with Gasteiger partial charge < -0.3 is 9.63 Å². The maximum absolute atomic E-state index is 11.3. The Morgan fingerprint density at radius 1 is 1.42 bits per heavy atom. The summed E-state index contributed by atoms with van der Waals surface area (Å²) >= 11 is 0. The van der Waals surface area contributed by atoms with Crippen LogP contribution in [0.2, 0.25) is 0 Å². The fourth-order valence-electron chi connectivity index (χ4n) is 1.93. The number of hydrogen-bond acceptors (Lipinski definition) is 6. The Hall–Kier alpha value is -1.45. The number of carboxylic acid groups (broad SMARTS) is 1. The van der Waals surface area contributed by atoms with Crippen molar-refractivity contribution in [1.82, 2.24) is 14.4 Å². The minimum Gasteiger partial charge on any atom is -0.476 e. The summed E-state index contributed by atoms with van der Waals surface area (Å²) in [6.45, 7) is 2.45. The third-order valence-corrected chi connectivity index (χ3v) is 4.26. The van der Waals surface area contributed by atoms with Gasteiger partial charge in [0.2, 0.25) is 10.0 Å². The molecule has 0 saturated carbocycles. The van der Waals surface area contributed by atoms with Crippen LogP contribution in [0.1, 0.15) is 16.2 Å². The van der Waals surface area contributed by atoms with Crippen LogP contribution >= 0.6 is 0 Å². The zero-order valence-corrected chi connectivity index (χ0v) is 11.3. The second-order valence-electron chi connectivity index (χ2n) is 4.42. The van der Waals surface area contributed by atoms with Crippen molar-refractivity contribution in [3.8, 4) is 0 Å². The van der Waals surface area contributed by atoms with Crippen LogP contribution in [0.5, 0.6) is 0 Å². The zero-order valence-electron chi connectivity index (χ0n) is 10.4. The van der Waals surface area contributed by atoms with Gasteiger partial charge in [0.25, 0.3) is 0 Å². The molecule has 1 aromatic heterocycles. The van der Waals surface area contributed by atoms with Gasteiger partial charge in [0.15, 0.2) is 11.5 Å². The van der Waals surface area contributed by atoms with Gasteiger partial charge in [-0.05, 0) is 0 Å². The van der Waals surface area contributed by atoms with Crippen molar-refractivity contribution in [3.63, 3.8) is 0 Å². The first-order chi connectivity index (χ1) is 8.86. The molecule has 9 heteroatoms. The summed E-state index contributed by atoms with van der Waals surface area (Å²) in [6, 6.07) is 1.38. The SMILES string of the molecule is CS(=O)(=O)N1CCN(Cc2cc(C(=O)O)no2)CC1. The fourth-order valence-corrected chi connectivity index (χ4v) is 2.75. The van der Waals surface area contributed by atoms with Crippen molar-refractivity contribution in [1.29, 1.82) is 0 Å². The smallest absolute Gasteiger partial charge is 0.358 e. The first-order valence-electron chi connectivity index (χ1n) is 5.72. The van der Waals surface area contributed by atoms with Gasteiger partial charge in [0.1, 0.15) is 0 Å². The first-order valence-corrected chi connectivity index (χ1v) is 7.57. The number of aromatic nitrogens is 1. The second kappa shape index (κ2) is 5.27. The van der Waals surface area contributed by atoms with Gasteiger partial charge in [0, 0.05) is 32.2 Å². The lowest BCUT2D eigenvalue weighted by Gasteiger charge is -2.32. The van der Waals surface area contributed by atoms with E-state index in [-0.39, 0.29) is 5.69 Å². The summed E-state index contributed by atoms with van der Waals surface area (Å²) in [5.41, 5.74) is -0.121. The molecule has 0 amide bonds. The highest BCUT2D eigenvalue weighted by atomic mass is 32.2. The predicted molar refractivity (Wildman–Crippen MR) is 65.2 cm³/mol. The lowest BCUT2D eigenvalue weighted by Crippen LogP contribution is -2.47. The molecular weight excluding hydrogens is 274 g/mol. The molecule has 0 unspecified atom stereocenters. The number of piperazine rings is 1. The molecule has 1 saturated heterocycles. The Morgan fingerprint density at radius 2 is 2.05 bits per heavy atom. The number of aromatic carboxylic acids is 1. The van der Waals surface area contributed by atoms with E-state index in [1.807, 2.05) is 4.90 Å². The maximum atomic E-state index is 11.3. The van der Waals surface area contributed by atoms with Crippen molar-refractivity contribution in [2.75, 3.05) is 32.4 Å². The predicted octanol–water partition coefficient (Wildman–Crippen LogP) is -0.550. The molecule has 1 aliphatic rings. The van der Waals surface area contributed by atoms with Crippen LogP contribution in [0.3, 0.4) is 0 Å². The summed E-state index contributed by atoms with van der Waals surface area (Å²) in [5.74, 6) is -0.665. The monoisotopic (exact) mass is 289 g/mol. The van der Waals surface area contributed by atoms with E-state index in [4.69, 9.17) is 9.63 Å². The molecule has 1 fully saturated rings. The average molecular weight is 289 g/mol. The third kappa shape index (κ3) is 3.52. The molecule has 0 aliphatic carbocycles. The van der Waals surface area contributed by atoms with Crippen molar-refractivity contribution in [2.24, 2.45) is 0 Å². The zero-order chi connectivity index (χ0) is 14.0. The molecule has 0 spiro atoms. The number of hydrogen-bond donors (Lipinski definition) is 1. The van der Waals surface area contributed by atoms with Crippen LogP contribution in [0.15, 0.2) is 10.6 Å². The molecule has 0 bridgehead atoms. The van der Waals surface area contributed by atoms with E-state index in [2.05, 4.69) is 5.16 Å². The fraction of sp³-hybridized carbons (Fsp3) is 0.600. The van der Waals surface area contributed by atoms with Gasteiger partial charge in [0.05, 0.1) is 12.8 Å². The quantitative estimate of drug-likeness (QED) is 0.793. The Morgan fingerprint density at radius 3 is 2.53 bits per heavy atom. The topological polar surface area (TPSA) is 104 Å². The lowest BCUT2D eigenvalue weighted by molar-refractivity contribution is 0.0685. The maximum Gasteiger partial charge on any atom is 0.358 e. The number of carbonyl (C=O) groups is 1. The van der Waals surface area contributed by atoms with Crippen LogP contribution in [-0.4, -0.2) is 66.3 Å². The number of carboxylic acids is 1. The van der Waals surface area contributed by atoms with Crippen LogP contribution in [-0.2, 0) is 16.6 Å². The van der Waals surface area contributed by atoms with Gasteiger partial charge >= 0.3 is 5.97 Å². The highest BCUT2D eigenvalue weighted by Gasteiger charge is 2.24. The molecule has 0 radical (unpaired) electrons. The van der Waals surface area contributed by atoms with E-state index in [1.165, 1.54) is 16.6 Å². The van der Waals surface area contributed by atoms with Crippen molar-refractivity contribution in [2.45, 2.75) is 6.54 Å². The molecule has 2 heterocycles. The van der Waals surface area contributed by atoms with Gasteiger partial charge in [-0.1, -0.05) is 5.16 Å². The number of nitrogens with zero attached hydrogens (tertiary/aromatic N) is 3. The molecule has 8 nitrogen and oxygen atoms in total. The normalized spacial score (nSPS) is 18.6. The molecule has 2 rings (SSSR count). The van der Waals surface area contributed by atoms with Gasteiger partial charge in [-0.15, -0.1) is 0 Å². The minimum absolute atomic E-state index is 0.121. The van der Waals surface area contributed by atoms with E-state index in [0.717, 1.165) is 0 Å².